The molecule has 0 unspecified atom stereocenters. The van der Waals surface area contributed by atoms with Gasteiger partial charge in [-0.3, -0.25) is 9.67 Å². The third-order valence-electron chi connectivity index (χ3n) is 4.40. The van der Waals surface area contributed by atoms with E-state index in [0.717, 1.165) is 42.4 Å². The van der Waals surface area contributed by atoms with Gasteiger partial charge >= 0.3 is 0 Å². The molecule has 0 aliphatic heterocycles. The number of halogens is 1. The second-order valence-electron chi connectivity index (χ2n) is 7.14. The number of guanidine groups is 1. The maximum absolute atomic E-state index is 4.77. The minimum atomic E-state index is 0. The van der Waals surface area contributed by atoms with Gasteiger partial charge in [0.1, 0.15) is 12.1 Å². The van der Waals surface area contributed by atoms with E-state index < -0.39 is 0 Å². The van der Waals surface area contributed by atoms with Crippen LogP contribution < -0.4 is 16.0 Å². The van der Waals surface area contributed by atoms with Gasteiger partial charge in [-0.1, -0.05) is 19.9 Å². The molecule has 0 spiro atoms. The number of nitrogens with one attached hydrogen (secondary N) is 3. The summed E-state index contributed by atoms with van der Waals surface area (Å²) in [5.41, 5.74) is 0.831. The summed E-state index contributed by atoms with van der Waals surface area (Å²) in [5, 5.41) is 17.3. The summed E-state index contributed by atoms with van der Waals surface area (Å²) >= 11 is 1.78. The predicted octanol–water partition coefficient (Wildman–Crippen LogP) is 2.99. The number of aliphatic imine (C=N–C) groups is 1. The molecule has 0 aliphatic carbocycles. The molecule has 8 nitrogen and oxygen atoms in total. The van der Waals surface area contributed by atoms with Gasteiger partial charge in [-0.25, -0.2) is 9.97 Å². The quantitative estimate of drug-likeness (QED) is 0.180. The van der Waals surface area contributed by atoms with Crippen LogP contribution in [-0.2, 0) is 12.5 Å². The van der Waals surface area contributed by atoms with E-state index >= 15 is 0 Å². The van der Waals surface area contributed by atoms with E-state index in [4.69, 9.17) is 4.99 Å². The van der Waals surface area contributed by atoms with E-state index in [0.29, 0.717) is 6.54 Å². The molecule has 10 heteroatoms. The van der Waals surface area contributed by atoms with Crippen molar-refractivity contribution in [1.82, 2.24) is 30.4 Å². The molecule has 0 aromatic carbocycles. The van der Waals surface area contributed by atoms with E-state index in [1.807, 2.05) is 7.05 Å². The number of fused-ring (bicyclic) bond motifs is 1. The van der Waals surface area contributed by atoms with Crippen LogP contribution in [0.1, 0.15) is 25.6 Å². The highest BCUT2D eigenvalue weighted by molar-refractivity contribution is 14.0. The second-order valence-corrected chi connectivity index (χ2v) is 8.09. The molecule has 0 atom stereocenters. The molecule has 158 valence electrons. The Kier molecular flexibility index (Phi) is 8.62. The number of aromatic nitrogens is 4. The molecule has 3 heterocycles. The molecule has 0 amide bonds. The third kappa shape index (κ3) is 6.01. The average molecular weight is 528 g/mol. The highest BCUT2D eigenvalue weighted by Crippen LogP contribution is 2.27. The third-order valence-corrected chi connectivity index (χ3v) is 5.64. The van der Waals surface area contributed by atoms with E-state index in [2.05, 4.69) is 69.3 Å². The molecule has 0 saturated heterocycles. The topological polar surface area (TPSA) is 92.1 Å². The standard InChI is InChI=1S/C19H28N8S.HI/c1-5-20-18(23-12-19(2,3)15-7-6-10-28-15)22-9-8-21-16-14-11-26-27(4)17(14)25-13-24-16;/h6-7,10-11,13H,5,8-9,12H2,1-4H3,(H2,20,22,23)(H,21,24,25);1H. The molecular weight excluding hydrogens is 499 g/mol. The first-order valence-corrected chi connectivity index (χ1v) is 10.3. The molecular formula is C19H29IN8S. The van der Waals surface area contributed by atoms with Gasteiger partial charge in [-0.05, 0) is 18.4 Å². The van der Waals surface area contributed by atoms with Gasteiger partial charge in [0.25, 0.3) is 0 Å². The van der Waals surface area contributed by atoms with E-state index in [-0.39, 0.29) is 29.4 Å². The molecule has 3 aromatic heterocycles. The predicted molar refractivity (Wildman–Crippen MR) is 132 cm³/mol. The molecule has 0 bridgehead atoms. The van der Waals surface area contributed by atoms with Crippen molar-refractivity contribution < 1.29 is 0 Å². The van der Waals surface area contributed by atoms with Crippen LogP contribution in [0.3, 0.4) is 0 Å². The summed E-state index contributed by atoms with van der Waals surface area (Å²) < 4.78 is 1.74. The van der Waals surface area contributed by atoms with Crippen LogP contribution in [-0.4, -0.2) is 51.9 Å². The molecule has 0 saturated carbocycles. The van der Waals surface area contributed by atoms with Crippen LogP contribution in [0.5, 0.6) is 0 Å². The Hall–Kier alpha value is -1.95. The fourth-order valence-electron chi connectivity index (χ4n) is 2.82. The minimum Gasteiger partial charge on any atom is -0.368 e. The van der Waals surface area contributed by atoms with Crippen LogP contribution in [0.4, 0.5) is 5.82 Å². The number of rotatable bonds is 8. The Labute approximate surface area is 192 Å². The molecule has 3 aromatic rings. The van der Waals surface area contributed by atoms with Gasteiger partial charge in [-0.15, -0.1) is 35.3 Å². The fourth-order valence-corrected chi connectivity index (χ4v) is 3.67. The number of hydrogen-bond acceptors (Lipinski definition) is 6. The molecule has 3 N–H and O–H groups in total. The van der Waals surface area contributed by atoms with Crippen molar-refractivity contribution in [3.05, 3.63) is 34.9 Å². The SMILES string of the molecule is CCNC(=NCC(C)(C)c1cccs1)NCCNc1ncnc2c1cnn2C.I. The maximum Gasteiger partial charge on any atom is 0.191 e. The van der Waals surface area contributed by atoms with Crippen LogP contribution in [0.25, 0.3) is 11.0 Å². The fraction of sp³-hybridized carbons (Fsp3) is 0.474. The first-order valence-electron chi connectivity index (χ1n) is 9.44. The molecule has 3 rings (SSSR count). The van der Waals surface area contributed by atoms with Gasteiger partial charge in [0.15, 0.2) is 11.6 Å². The second kappa shape index (κ2) is 10.7. The van der Waals surface area contributed by atoms with E-state index in [1.165, 1.54) is 4.88 Å². The average Bonchev–Trinajstić information content (AvgIpc) is 3.34. The highest BCUT2D eigenvalue weighted by Gasteiger charge is 2.21. The summed E-state index contributed by atoms with van der Waals surface area (Å²) in [4.78, 5) is 14.7. The molecule has 0 fully saturated rings. The van der Waals surface area contributed by atoms with Gasteiger partial charge in [0.2, 0.25) is 0 Å². The first kappa shape index (κ1) is 23.3. The zero-order chi connectivity index (χ0) is 20.0. The van der Waals surface area contributed by atoms with E-state index in [1.54, 1.807) is 28.5 Å². The van der Waals surface area contributed by atoms with Crippen molar-refractivity contribution in [2.45, 2.75) is 26.2 Å². The Morgan fingerprint density at radius 1 is 1.24 bits per heavy atom. The van der Waals surface area contributed by atoms with E-state index in [9.17, 15) is 0 Å². The van der Waals surface area contributed by atoms with Gasteiger partial charge in [0, 0.05) is 37.0 Å². The lowest BCUT2D eigenvalue weighted by atomic mass is 9.92. The number of anilines is 1. The van der Waals surface area contributed by atoms with Crippen LogP contribution in [0.15, 0.2) is 35.0 Å². The zero-order valence-electron chi connectivity index (χ0n) is 17.3. The van der Waals surface area contributed by atoms with Crippen molar-refractivity contribution in [3.63, 3.8) is 0 Å². The molecule has 0 aliphatic rings. The Morgan fingerprint density at radius 2 is 2.07 bits per heavy atom. The Balaban J connectivity index is 0.00000300. The summed E-state index contributed by atoms with van der Waals surface area (Å²) in [5.74, 6) is 1.61. The normalized spacial score (nSPS) is 11.9. The maximum atomic E-state index is 4.77. The Morgan fingerprint density at radius 3 is 2.79 bits per heavy atom. The van der Waals surface area contributed by atoms with Crippen LogP contribution in [0, 0.1) is 0 Å². The minimum absolute atomic E-state index is 0. The van der Waals surface area contributed by atoms with Crippen LogP contribution in [0.2, 0.25) is 0 Å². The number of thiophene rings is 1. The summed E-state index contributed by atoms with van der Waals surface area (Å²) in [6.07, 6.45) is 3.33. The lowest BCUT2D eigenvalue weighted by Gasteiger charge is -2.22. The summed E-state index contributed by atoms with van der Waals surface area (Å²) in [6.45, 7) is 9.49. The first-order chi connectivity index (χ1) is 13.5. The number of nitrogens with zero attached hydrogens (tertiary/aromatic N) is 5. The molecule has 0 radical (unpaired) electrons. The summed E-state index contributed by atoms with van der Waals surface area (Å²) in [7, 11) is 1.87. The van der Waals surface area contributed by atoms with Crippen molar-refractivity contribution >= 4 is 58.1 Å². The van der Waals surface area contributed by atoms with Crippen molar-refractivity contribution in [3.8, 4) is 0 Å². The zero-order valence-corrected chi connectivity index (χ0v) is 20.4. The van der Waals surface area contributed by atoms with Crippen molar-refractivity contribution in [2.24, 2.45) is 12.0 Å². The highest BCUT2D eigenvalue weighted by atomic mass is 127. The van der Waals surface area contributed by atoms with Crippen molar-refractivity contribution in [1.29, 1.82) is 0 Å². The smallest absolute Gasteiger partial charge is 0.191 e. The molecule has 29 heavy (non-hydrogen) atoms. The largest absolute Gasteiger partial charge is 0.368 e. The number of hydrogen-bond donors (Lipinski definition) is 3. The van der Waals surface area contributed by atoms with Gasteiger partial charge in [-0.2, -0.15) is 5.10 Å². The van der Waals surface area contributed by atoms with Gasteiger partial charge < -0.3 is 16.0 Å². The lowest BCUT2D eigenvalue weighted by molar-refractivity contribution is 0.548. The van der Waals surface area contributed by atoms with Crippen LogP contribution >= 0.6 is 35.3 Å². The van der Waals surface area contributed by atoms with Gasteiger partial charge in [0.05, 0.1) is 18.1 Å². The number of aryl methyl sites for hydroxylation is 1. The monoisotopic (exact) mass is 528 g/mol. The lowest BCUT2D eigenvalue weighted by Crippen LogP contribution is -2.40. The Bertz CT molecular complexity index is 920. The summed E-state index contributed by atoms with van der Waals surface area (Å²) in [6, 6.07) is 4.26. The van der Waals surface area contributed by atoms with Crippen molar-refractivity contribution in [2.75, 3.05) is 31.5 Å².